The Morgan fingerprint density at radius 2 is 2.00 bits per heavy atom. The van der Waals surface area contributed by atoms with E-state index in [-0.39, 0.29) is 19.6 Å². The van der Waals surface area contributed by atoms with Crippen molar-refractivity contribution in [3.8, 4) is 0 Å². The Labute approximate surface area is 129 Å². The van der Waals surface area contributed by atoms with Gasteiger partial charge in [0.05, 0.1) is 11.8 Å². The van der Waals surface area contributed by atoms with Gasteiger partial charge in [0.1, 0.15) is 0 Å². The largest absolute Gasteiger partial charge is 0.481 e. The molecule has 8 heteroatoms. The zero-order chi connectivity index (χ0) is 15.8. The molecule has 0 radical (unpaired) electrons. The molecule has 0 amide bonds. The van der Waals surface area contributed by atoms with Crippen molar-refractivity contribution in [3.05, 3.63) is 33.8 Å². The van der Waals surface area contributed by atoms with Gasteiger partial charge < -0.3 is 5.11 Å². The lowest BCUT2D eigenvalue weighted by Crippen LogP contribution is -2.33. The van der Waals surface area contributed by atoms with Gasteiger partial charge in [-0.15, -0.1) is 0 Å². The van der Waals surface area contributed by atoms with Crippen molar-refractivity contribution < 1.29 is 23.1 Å². The second-order valence-corrected chi connectivity index (χ2v) is 5.87. The highest BCUT2D eigenvalue weighted by atomic mass is 35.5. The fourth-order valence-electron chi connectivity index (χ4n) is 2.50. The predicted molar refractivity (Wildman–Crippen MR) is 72.4 cm³/mol. The normalized spacial score (nSPS) is 23.5. The van der Waals surface area contributed by atoms with Crippen molar-refractivity contribution in [2.24, 2.45) is 11.8 Å². The van der Waals surface area contributed by atoms with Crippen molar-refractivity contribution in [2.45, 2.75) is 12.7 Å². The van der Waals surface area contributed by atoms with Crippen LogP contribution in [0.2, 0.25) is 10.0 Å². The molecule has 21 heavy (non-hydrogen) atoms. The molecule has 0 spiro atoms. The van der Waals surface area contributed by atoms with E-state index in [9.17, 15) is 18.0 Å². The molecular weight excluding hydrogens is 330 g/mol. The molecule has 0 unspecified atom stereocenters. The number of nitrogens with zero attached hydrogens (tertiary/aromatic N) is 1. The summed E-state index contributed by atoms with van der Waals surface area (Å²) in [6.07, 6.45) is -4.53. The lowest BCUT2D eigenvalue weighted by molar-refractivity contribution is -0.188. The number of benzene rings is 1. The first-order chi connectivity index (χ1) is 9.68. The first kappa shape index (κ1) is 16.4. The predicted octanol–water partition coefficient (Wildman–Crippen LogP) is 3.69. The third-order valence-electron chi connectivity index (χ3n) is 3.53. The van der Waals surface area contributed by atoms with Crippen LogP contribution in [0.1, 0.15) is 5.56 Å². The van der Waals surface area contributed by atoms with Crippen LogP contribution in [0.5, 0.6) is 0 Å². The maximum Gasteiger partial charge on any atom is 0.393 e. The van der Waals surface area contributed by atoms with E-state index in [0.717, 1.165) is 0 Å². The van der Waals surface area contributed by atoms with Gasteiger partial charge in [-0.2, -0.15) is 13.2 Å². The molecule has 1 aliphatic heterocycles. The Hall–Kier alpha value is -0.980. The second kappa shape index (κ2) is 6.02. The highest BCUT2D eigenvalue weighted by Gasteiger charge is 2.52. The average molecular weight is 342 g/mol. The number of halogens is 5. The van der Waals surface area contributed by atoms with Gasteiger partial charge in [0.15, 0.2) is 0 Å². The fraction of sp³-hybridized carbons (Fsp3) is 0.462. The Morgan fingerprint density at radius 1 is 1.33 bits per heavy atom. The monoisotopic (exact) mass is 341 g/mol. The molecule has 1 aliphatic rings. The molecule has 2 atom stereocenters. The van der Waals surface area contributed by atoms with Gasteiger partial charge in [0.25, 0.3) is 0 Å². The van der Waals surface area contributed by atoms with Crippen molar-refractivity contribution in [2.75, 3.05) is 13.1 Å². The molecule has 3 nitrogen and oxygen atoms in total. The van der Waals surface area contributed by atoms with Crippen LogP contribution in [0.4, 0.5) is 13.2 Å². The van der Waals surface area contributed by atoms with E-state index in [1.54, 1.807) is 18.2 Å². The third-order valence-corrected chi connectivity index (χ3v) is 4.14. The summed E-state index contributed by atoms with van der Waals surface area (Å²) in [5.41, 5.74) is 0.580. The third kappa shape index (κ3) is 3.81. The standard InChI is InChI=1S/C13H12Cl2F3NO2/c14-8-1-2-11(15)7(3-8)4-19-5-9(12(20)21)10(6-19)13(16,17)18/h1-3,9-10H,4-6H2,(H,20,21)/t9-,10-/m1/s1. The van der Waals surface area contributed by atoms with Crippen molar-refractivity contribution in [3.63, 3.8) is 0 Å². The summed E-state index contributed by atoms with van der Waals surface area (Å²) in [6, 6.07) is 4.71. The maximum atomic E-state index is 12.9. The molecule has 1 N–H and O–H groups in total. The quantitative estimate of drug-likeness (QED) is 0.911. The fourth-order valence-corrected chi connectivity index (χ4v) is 2.87. The topological polar surface area (TPSA) is 40.5 Å². The molecule has 1 fully saturated rings. The molecule has 0 aliphatic carbocycles. The number of likely N-dealkylation sites (tertiary alicyclic amines) is 1. The van der Waals surface area contributed by atoms with Crippen molar-refractivity contribution in [1.82, 2.24) is 4.90 Å². The van der Waals surface area contributed by atoms with Crippen LogP contribution in [0, 0.1) is 11.8 Å². The molecule has 1 aromatic rings. The van der Waals surface area contributed by atoms with Crippen LogP contribution in [-0.2, 0) is 11.3 Å². The van der Waals surface area contributed by atoms with Gasteiger partial charge in [0.2, 0.25) is 0 Å². The van der Waals surface area contributed by atoms with Gasteiger partial charge in [-0.3, -0.25) is 9.69 Å². The van der Waals surface area contributed by atoms with Crippen LogP contribution in [0.3, 0.4) is 0 Å². The van der Waals surface area contributed by atoms with E-state index in [1.807, 2.05) is 0 Å². The average Bonchev–Trinajstić information content (AvgIpc) is 2.78. The first-order valence-corrected chi connectivity index (χ1v) is 6.90. The number of carbonyl (C=O) groups is 1. The summed E-state index contributed by atoms with van der Waals surface area (Å²) in [6.45, 7) is -0.387. The minimum absolute atomic E-state index is 0.135. The van der Waals surface area contributed by atoms with Gasteiger partial charge in [0, 0.05) is 29.7 Å². The minimum atomic E-state index is -4.53. The summed E-state index contributed by atoms with van der Waals surface area (Å²) in [4.78, 5) is 12.4. The zero-order valence-electron chi connectivity index (χ0n) is 10.7. The number of rotatable bonds is 3. The first-order valence-electron chi connectivity index (χ1n) is 6.14. The number of aliphatic carboxylic acids is 1. The Balaban J connectivity index is 2.16. The van der Waals surface area contributed by atoms with E-state index in [0.29, 0.717) is 15.6 Å². The van der Waals surface area contributed by atoms with Gasteiger partial charge in [-0.1, -0.05) is 23.2 Å². The Morgan fingerprint density at radius 3 is 2.52 bits per heavy atom. The van der Waals surface area contributed by atoms with E-state index < -0.39 is 24.0 Å². The Kier molecular flexibility index (Phi) is 4.70. The summed E-state index contributed by atoms with van der Waals surface area (Å²) in [7, 11) is 0. The molecule has 1 heterocycles. The van der Waals surface area contributed by atoms with E-state index in [4.69, 9.17) is 28.3 Å². The minimum Gasteiger partial charge on any atom is -0.481 e. The summed E-state index contributed by atoms with van der Waals surface area (Å²) >= 11 is 11.8. The second-order valence-electron chi connectivity index (χ2n) is 5.02. The van der Waals surface area contributed by atoms with E-state index in [1.165, 1.54) is 4.90 Å². The smallest absolute Gasteiger partial charge is 0.393 e. The van der Waals surface area contributed by atoms with Gasteiger partial charge in [-0.25, -0.2) is 0 Å². The van der Waals surface area contributed by atoms with Crippen LogP contribution < -0.4 is 0 Å². The lowest BCUT2D eigenvalue weighted by atomic mass is 9.96. The molecule has 2 rings (SSSR count). The maximum absolute atomic E-state index is 12.9. The van der Waals surface area contributed by atoms with Gasteiger partial charge in [-0.05, 0) is 23.8 Å². The van der Waals surface area contributed by atoms with E-state index in [2.05, 4.69) is 0 Å². The number of alkyl halides is 3. The highest BCUT2D eigenvalue weighted by molar-refractivity contribution is 6.33. The number of carboxylic acid groups (broad SMARTS) is 1. The van der Waals surface area contributed by atoms with Crippen LogP contribution in [0.15, 0.2) is 18.2 Å². The SMILES string of the molecule is O=C(O)[C@@H]1CN(Cc2cc(Cl)ccc2Cl)C[C@H]1C(F)(F)F. The van der Waals surface area contributed by atoms with E-state index >= 15 is 0 Å². The molecule has 0 bridgehead atoms. The Bertz CT molecular complexity index is 551. The van der Waals surface area contributed by atoms with Gasteiger partial charge >= 0.3 is 12.1 Å². The van der Waals surface area contributed by atoms with Crippen molar-refractivity contribution >= 4 is 29.2 Å². The molecule has 0 aromatic heterocycles. The highest BCUT2D eigenvalue weighted by Crippen LogP contribution is 2.38. The number of carboxylic acids is 1. The van der Waals surface area contributed by atoms with Crippen LogP contribution in [0.25, 0.3) is 0 Å². The summed E-state index contributed by atoms with van der Waals surface area (Å²) in [5.74, 6) is -4.76. The number of hydrogen-bond acceptors (Lipinski definition) is 2. The lowest BCUT2D eigenvalue weighted by Gasteiger charge is -2.18. The molecule has 1 aromatic carbocycles. The zero-order valence-corrected chi connectivity index (χ0v) is 12.2. The molecule has 1 saturated heterocycles. The summed E-state index contributed by atoms with van der Waals surface area (Å²) < 4.78 is 38.7. The van der Waals surface area contributed by atoms with Crippen LogP contribution >= 0.6 is 23.2 Å². The van der Waals surface area contributed by atoms with Crippen molar-refractivity contribution in [1.29, 1.82) is 0 Å². The molecule has 116 valence electrons. The molecular formula is C13H12Cl2F3NO2. The van der Waals surface area contributed by atoms with Crippen LogP contribution in [-0.4, -0.2) is 35.2 Å². The number of hydrogen-bond donors (Lipinski definition) is 1. The summed E-state index contributed by atoms with van der Waals surface area (Å²) in [5, 5.41) is 9.77. The molecule has 0 saturated carbocycles.